The maximum Gasteiger partial charge on any atom is 0.339 e. The van der Waals surface area contributed by atoms with Crippen molar-refractivity contribution in [2.24, 2.45) is 0 Å². The van der Waals surface area contributed by atoms with Crippen LogP contribution in [0.4, 0.5) is 5.69 Å². The first-order chi connectivity index (χ1) is 11.1. The van der Waals surface area contributed by atoms with Crippen LogP contribution in [0.3, 0.4) is 0 Å². The number of methoxy groups -OCH3 is 1. The Labute approximate surface area is 133 Å². The number of nitrogens with zero attached hydrogens (tertiary/aromatic N) is 2. The molecule has 2 aromatic rings. The van der Waals surface area contributed by atoms with Gasteiger partial charge in [-0.15, -0.1) is 0 Å². The van der Waals surface area contributed by atoms with Gasteiger partial charge < -0.3 is 10.1 Å². The van der Waals surface area contributed by atoms with E-state index in [1.165, 1.54) is 7.11 Å². The number of nitrogens with one attached hydrogen (secondary N) is 1. The van der Waals surface area contributed by atoms with Crippen molar-refractivity contribution in [1.29, 1.82) is 0 Å². The molecular weight excluding hydrogens is 294 g/mol. The molecule has 23 heavy (non-hydrogen) atoms. The molecule has 1 heterocycles. The lowest BCUT2D eigenvalue weighted by Gasteiger charge is -2.11. The Morgan fingerprint density at radius 3 is 2.61 bits per heavy atom. The minimum Gasteiger partial charge on any atom is -0.465 e. The van der Waals surface area contributed by atoms with Crippen molar-refractivity contribution in [2.75, 3.05) is 12.4 Å². The van der Waals surface area contributed by atoms with Crippen LogP contribution in [0.2, 0.25) is 0 Å². The average molecular weight is 311 g/mol. The smallest absolute Gasteiger partial charge is 0.339 e. The Morgan fingerprint density at radius 2 is 1.96 bits per heavy atom. The van der Waals surface area contributed by atoms with Crippen LogP contribution in [-0.4, -0.2) is 29.0 Å². The zero-order valence-electron chi connectivity index (χ0n) is 13.0. The minimum atomic E-state index is -0.502. The van der Waals surface area contributed by atoms with Gasteiger partial charge in [-0.1, -0.05) is 12.1 Å². The third kappa shape index (κ3) is 3.21. The highest BCUT2D eigenvalue weighted by atomic mass is 16.5. The van der Waals surface area contributed by atoms with E-state index < -0.39 is 5.97 Å². The lowest BCUT2D eigenvalue weighted by Crippen LogP contribution is -2.17. The lowest BCUT2D eigenvalue weighted by molar-refractivity contribution is 0.0602. The highest BCUT2D eigenvalue weighted by molar-refractivity contribution is 6.08. The molecule has 1 aromatic heterocycles. The predicted octanol–water partition coefficient (Wildman–Crippen LogP) is 2.70. The fourth-order valence-corrected chi connectivity index (χ4v) is 2.32. The molecule has 1 aromatic carbocycles. The van der Waals surface area contributed by atoms with Crippen LogP contribution < -0.4 is 5.32 Å². The molecule has 1 aliphatic carbocycles. The maximum atomic E-state index is 12.5. The first-order valence-electron chi connectivity index (χ1n) is 7.42. The molecular formula is C17H17N3O3. The van der Waals surface area contributed by atoms with Crippen molar-refractivity contribution in [3.63, 3.8) is 0 Å². The number of carbonyl (C=O) groups excluding carboxylic acids is 2. The Balaban J connectivity index is 1.83. The SMILES string of the molecule is COC(=O)c1ccccc1NC(=O)c1cnc(C2CC2)nc1C. The van der Waals surface area contributed by atoms with Crippen LogP contribution >= 0.6 is 0 Å². The molecule has 0 saturated heterocycles. The third-order valence-corrected chi connectivity index (χ3v) is 3.77. The molecule has 6 heteroatoms. The van der Waals surface area contributed by atoms with Crippen molar-refractivity contribution in [3.05, 3.63) is 53.1 Å². The number of para-hydroxylation sites is 1. The molecule has 0 aliphatic heterocycles. The molecule has 1 amide bonds. The molecule has 3 rings (SSSR count). The summed E-state index contributed by atoms with van der Waals surface area (Å²) < 4.78 is 4.72. The number of hydrogen-bond acceptors (Lipinski definition) is 5. The highest BCUT2D eigenvalue weighted by Crippen LogP contribution is 2.37. The number of carbonyl (C=O) groups is 2. The second-order valence-corrected chi connectivity index (χ2v) is 5.49. The van der Waals surface area contributed by atoms with Gasteiger partial charge in [-0.2, -0.15) is 0 Å². The van der Waals surface area contributed by atoms with Crippen LogP contribution in [0, 0.1) is 6.92 Å². The molecule has 0 bridgehead atoms. The summed E-state index contributed by atoms with van der Waals surface area (Å²) in [5.41, 5.74) is 1.73. The van der Waals surface area contributed by atoms with E-state index in [1.807, 2.05) is 0 Å². The van der Waals surface area contributed by atoms with Crippen LogP contribution in [0.15, 0.2) is 30.5 Å². The average Bonchev–Trinajstić information content (AvgIpc) is 3.39. The molecule has 1 N–H and O–H groups in total. The minimum absolute atomic E-state index is 0.302. The van der Waals surface area contributed by atoms with E-state index in [2.05, 4.69) is 15.3 Å². The van der Waals surface area contributed by atoms with E-state index in [0.717, 1.165) is 18.7 Å². The fraction of sp³-hybridized carbons (Fsp3) is 0.294. The van der Waals surface area contributed by atoms with Gasteiger partial charge in [0.2, 0.25) is 0 Å². The predicted molar refractivity (Wildman–Crippen MR) is 84.5 cm³/mol. The number of aromatic nitrogens is 2. The zero-order chi connectivity index (χ0) is 16.4. The second kappa shape index (κ2) is 6.16. The number of rotatable bonds is 4. The maximum absolute atomic E-state index is 12.5. The van der Waals surface area contributed by atoms with Gasteiger partial charge in [-0.25, -0.2) is 14.8 Å². The lowest BCUT2D eigenvalue weighted by atomic mass is 10.1. The van der Waals surface area contributed by atoms with Gasteiger partial charge in [0.25, 0.3) is 5.91 Å². The largest absolute Gasteiger partial charge is 0.465 e. The van der Waals surface area contributed by atoms with E-state index in [9.17, 15) is 9.59 Å². The molecule has 0 radical (unpaired) electrons. The van der Waals surface area contributed by atoms with Crippen LogP contribution in [0.1, 0.15) is 51.0 Å². The molecule has 118 valence electrons. The van der Waals surface area contributed by atoms with Crippen molar-refractivity contribution in [3.8, 4) is 0 Å². The quantitative estimate of drug-likeness (QED) is 0.878. The van der Waals surface area contributed by atoms with Gasteiger partial charge in [-0.3, -0.25) is 4.79 Å². The highest BCUT2D eigenvalue weighted by Gasteiger charge is 2.27. The number of anilines is 1. The Kier molecular flexibility index (Phi) is 4.06. The van der Waals surface area contributed by atoms with E-state index >= 15 is 0 Å². The fourth-order valence-electron chi connectivity index (χ4n) is 2.32. The van der Waals surface area contributed by atoms with Gasteiger partial charge in [0.05, 0.1) is 29.6 Å². The standard InChI is InChI=1S/C17H17N3O3/c1-10-13(9-18-15(19-10)11-7-8-11)16(21)20-14-6-4-3-5-12(14)17(22)23-2/h3-6,9,11H,7-8H2,1-2H3,(H,20,21). The number of benzene rings is 1. The van der Waals surface area contributed by atoms with Crippen LogP contribution in [-0.2, 0) is 4.74 Å². The number of ether oxygens (including phenoxy) is 1. The van der Waals surface area contributed by atoms with Crippen molar-refractivity contribution in [1.82, 2.24) is 9.97 Å². The summed E-state index contributed by atoms with van der Waals surface area (Å²) in [6.07, 6.45) is 3.76. The van der Waals surface area contributed by atoms with Crippen molar-refractivity contribution >= 4 is 17.6 Å². The number of aryl methyl sites for hydroxylation is 1. The molecule has 0 atom stereocenters. The van der Waals surface area contributed by atoms with Gasteiger partial charge in [-0.05, 0) is 31.9 Å². The normalized spacial score (nSPS) is 13.5. The summed E-state index contributed by atoms with van der Waals surface area (Å²) in [7, 11) is 1.30. The molecule has 0 unspecified atom stereocenters. The monoisotopic (exact) mass is 311 g/mol. The zero-order valence-corrected chi connectivity index (χ0v) is 13.0. The van der Waals surface area contributed by atoms with Gasteiger partial charge >= 0.3 is 5.97 Å². The van der Waals surface area contributed by atoms with Crippen molar-refractivity contribution in [2.45, 2.75) is 25.7 Å². The van der Waals surface area contributed by atoms with Gasteiger partial charge in [0.15, 0.2) is 0 Å². The summed E-state index contributed by atoms with van der Waals surface area (Å²) in [5.74, 6) is 0.388. The van der Waals surface area contributed by atoms with E-state index in [1.54, 1.807) is 37.4 Å². The Bertz CT molecular complexity index is 769. The molecule has 1 aliphatic rings. The number of amides is 1. The first-order valence-corrected chi connectivity index (χ1v) is 7.42. The molecule has 0 spiro atoms. The first kappa shape index (κ1) is 15.1. The van der Waals surface area contributed by atoms with Gasteiger partial charge in [0.1, 0.15) is 5.82 Å². The summed E-state index contributed by atoms with van der Waals surface area (Å²) in [4.78, 5) is 32.9. The van der Waals surface area contributed by atoms with E-state index in [4.69, 9.17) is 4.74 Å². The van der Waals surface area contributed by atoms with E-state index in [0.29, 0.717) is 28.4 Å². The second-order valence-electron chi connectivity index (χ2n) is 5.49. The van der Waals surface area contributed by atoms with E-state index in [-0.39, 0.29) is 5.91 Å². The number of hydrogen-bond donors (Lipinski definition) is 1. The molecule has 1 fully saturated rings. The molecule has 6 nitrogen and oxygen atoms in total. The molecule has 1 saturated carbocycles. The van der Waals surface area contributed by atoms with Crippen molar-refractivity contribution < 1.29 is 14.3 Å². The van der Waals surface area contributed by atoms with Gasteiger partial charge in [0, 0.05) is 12.1 Å². The Hall–Kier alpha value is -2.76. The summed E-state index contributed by atoms with van der Waals surface area (Å²) >= 11 is 0. The summed E-state index contributed by atoms with van der Waals surface area (Å²) in [5, 5.41) is 2.73. The van der Waals surface area contributed by atoms with Crippen LogP contribution in [0.25, 0.3) is 0 Å². The summed E-state index contributed by atoms with van der Waals surface area (Å²) in [6, 6.07) is 6.70. The Morgan fingerprint density at radius 1 is 1.22 bits per heavy atom. The topological polar surface area (TPSA) is 81.2 Å². The third-order valence-electron chi connectivity index (χ3n) is 3.77. The van der Waals surface area contributed by atoms with Crippen LogP contribution in [0.5, 0.6) is 0 Å². The number of esters is 1. The summed E-state index contributed by atoms with van der Waals surface area (Å²) in [6.45, 7) is 1.79.